The van der Waals surface area contributed by atoms with Crippen LogP contribution in [-0.2, 0) is 19.4 Å². The molecule has 0 aliphatic carbocycles. The topological polar surface area (TPSA) is 60.4 Å². The molecule has 0 aliphatic rings. The van der Waals surface area contributed by atoms with Crippen LogP contribution in [0, 0.1) is 0 Å². The Hall–Kier alpha value is -3.09. The van der Waals surface area contributed by atoms with Gasteiger partial charge in [-0.1, -0.05) is 67.2 Å². The molecule has 0 N–H and O–H groups in total. The second kappa shape index (κ2) is 11.0. The van der Waals surface area contributed by atoms with Crippen molar-refractivity contribution < 1.29 is 17.9 Å². The highest BCUT2D eigenvalue weighted by atomic mass is 32.2. The highest BCUT2D eigenvalue weighted by Crippen LogP contribution is 2.30. The van der Waals surface area contributed by atoms with E-state index in [1.807, 2.05) is 36.4 Å². The molecule has 0 spiro atoms. The lowest BCUT2D eigenvalue weighted by Gasteiger charge is -2.10. The summed E-state index contributed by atoms with van der Waals surface area (Å²) in [4.78, 5) is 13.1. The molecule has 0 radical (unpaired) electrons. The van der Waals surface area contributed by atoms with E-state index in [2.05, 4.69) is 6.58 Å². The number of rotatable bonds is 9. The highest BCUT2D eigenvalue weighted by molar-refractivity contribution is 8.08. The molecule has 0 saturated heterocycles. The van der Waals surface area contributed by atoms with E-state index in [0.29, 0.717) is 11.3 Å². The van der Waals surface area contributed by atoms with Gasteiger partial charge < -0.3 is 4.74 Å². The van der Waals surface area contributed by atoms with E-state index in [1.54, 1.807) is 73.3 Å². The standard InChI is InChI=1S/C26H24O4S2/c1-20(2)26(27)30-17-18-31-25(22-9-5-3-6-10-22)19-21-13-15-24(16-14-21)32(28,29)23-11-7-4-8-12-23/h3-16,19H,1,17-18H2,2H3. The lowest BCUT2D eigenvalue weighted by Crippen LogP contribution is -2.07. The first-order valence-electron chi connectivity index (χ1n) is 10.0. The summed E-state index contributed by atoms with van der Waals surface area (Å²) in [7, 11) is -3.55. The van der Waals surface area contributed by atoms with Gasteiger partial charge in [0.2, 0.25) is 9.84 Å². The molecule has 0 fully saturated rings. The molecule has 32 heavy (non-hydrogen) atoms. The molecular weight excluding hydrogens is 440 g/mol. The molecule has 164 valence electrons. The normalized spacial score (nSPS) is 11.7. The number of sulfone groups is 1. The fourth-order valence-electron chi connectivity index (χ4n) is 2.85. The molecule has 0 atom stereocenters. The Labute approximate surface area is 193 Å². The van der Waals surface area contributed by atoms with Gasteiger partial charge in [0, 0.05) is 16.2 Å². The Balaban J connectivity index is 1.79. The second-order valence-electron chi connectivity index (χ2n) is 7.02. The van der Waals surface area contributed by atoms with E-state index in [9.17, 15) is 13.2 Å². The molecule has 3 aromatic carbocycles. The molecule has 3 aromatic rings. The van der Waals surface area contributed by atoms with Crippen molar-refractivity contribution in [1.29, 1.82) is 0 Å². The van der Waals surface area contributed by atoms with Gasteiger partial charge in [0.1, 0.15) is 6.61 Å². The lowest BCUT2D eigenvalue weighted by molar-refractivity contribution is -0.138. The maximum Gasteiger partial charge on any atom is 0.333 e. The average Bonchev–Trinajstić information content (AvgIpc) is 2.82. The summed E-state index contributed by atoms with van der Waals surface area (Å²) < 4.78 is 30.8. The Morgan fingerprint density at radius 2 is 1.47 bits per heavy atom. The third-order valence-electron chi connectivity index (χ3n) is 4.52. The van der Waals surface area contributed by atoms with Crippen molar-refractivity contribution in [1.82, 2.24) is 0 Å². The minimum atomic E-state index is -3.55. The summed E-state index contributed by atoms with van der Waals surface area (Å²) in [6.07, 6.45) is 2.00. The maximum absolute atomic E-state index is 12.8. The van der Waals surface area contributed by atoms with Gasteiger partial charge >= 0.3 is 5.97 Å². The van der Waals surface area contributed by atoms with Crippen LogP contribution in [0.1, 0.15) is 18.1 Å². The number of benzene rings is 3. The number of hydrogen-bond acceptors (Lipinski definition) is 5. The van der Waals surface area contributed by atoms with Gasteiger partial charge in [-0.05, 0) is 48.4 Å². The number of ether oxygens (including phenoxy) is 1. The summed E-state index contributed by atoms with van der Waals surface area (Å²) in [6, 6.07) is 25.1. The van der Waals surface area contributed by atoms with E-state index in [1.165, 1.54) is 0 Å². The van der Waals surface area contributed by atoms with Gasteiger partial charge in [-0.15, -0.1) is 11.8 Å². The van der Waals surface area contributed by atoms with Crippen LogP contribution in [-0.4, -0.2) is 26.7 Å². The molecule has 0 saturated carbocycles. The zero-order valence-corrected chi connectivity index (χ0v) is 19.4. The van der Waals surface area contributed by atoms with Crippen LogP contribution in [0.4, 0.5) is 0 Å². The molecule has 0 amide bonds. The van der Waals surface area contributed by atoms with E-state index >= 15 is 0 Å². The van der Waals surface area contributed by atoms with Crippen LogP contribution in [0.15, 0.2) is 107 Å². The fraction of sp³-hybridized carbons (Fsp3) is 0.115. The average molecular weight is 465 g/mol. The van der Waals surface area contributed by atoms with Crippen molar-refractivity contribution in [2.24, 2.45) is 0 Å². The molecule has 0 aliphatic heterocycles. The summed E-state index contributed by atoms with van der Waals surface area (Å²) in [5.74, 6) is 0.186. The third kappa shape index (κ3) is 6.22. The van der Waals surface area contributed by atoms with Gasteiger partial charge in [-0.2, -0.15) is 0 Å². The Morgan fingerprint density at radius 3 is 2.06 bits per heavy atom. The summed E-state index contributed by atoms with van der Waals surface area (Å²) in [5, 5.41) is 0. The van der Waals surface area contributed by atoms with Gasteiger partial charge in [0.05, 0.1) is 9.79 Å². The smallest absolute Gasteiger partial charge is 0.333 e. The SMILES string of the molecule is C=C(C)C(=O)OCCSC(=Cc1ccc(S(=O)(=O)c2ccccc2)cc1)c1ccccc1. The number of thioether (sulfide) groups is 1. The third-order valence-corrected chi connectivity index (χ3v) is 7.34. The molecule has 0 unspecified atom stereocenters. The largest absolute Gasteiger partial charge is 0.461 e. The minimum absolute atomic E-state index is 0.251. The van der Waals surface area contributed by atoms with Crippen molar-refractivity contribution in [3.63, 3.8) is 0 Å². The zero-order valence-electron chi connectivity index (χ0n) is 17.7. The number of esters is 1. The second-order valence-corrected chi connectivity index (χ2v) is 10.1. The van der Waals surface area contributed by atoms with Crippen molar-refractivity contribution in [2.75, 3.05) is 12.4 Å². The predicted molar refractivity (Wildman–Crippen MR) is 131 cm³/mol. The van der Waals surface area contributed by atoms with Crippen molar-refractivity contribution in [3.05, 3.63) is 108 Å². The Bertz CT molecular complexity index is 1200. The fourth-order valence-corrected chi connectivity index (χ4v) is 5.04. The van der Waals surface area contributed by atoms with Crippen LogP contribution < -0.4 is 0 Å². The molecular formula is C26H24O4S2. The highest BCUT2D eigenvalue weighted by Gasteiger charge is 2.16. The monoisotopic (exact) mass is 464 g/mol. The minimum Gasteiger partial charge on any atom is -0.461 e. The van der Waals surface area contributed by atoms with E-state index in [-0.39, 0.29) is 16.4 Å². The Morgan fingerprint density at radius 1 is 0.906 bits per heavy atom. The van der Waals surface area contributed by atoms with Crippen LogP contribution in [0.2, 0.25) is 0 Å². The Kier molecular flexibility index (Phi) is 8.09. The van der Waals surface area contributed by atoms with Crippen LogP contribution in [0.25, 0.3) is 11.0 Å². The van der Waals surface area contributed by atoms with Crippen molar-refractivity contribution in [3.8, 4) is 0 Å². The number of hydrogen-bond donors (Lipinski definition) is 0. The molecule has 0 aromatic heterocycles. The van der Waals surface area contributed by atoms with Gasteiger partial charge in [0.15, 0.2) is 0 Å². The molecule has 3 rings (SSSR count). The first-order valence-corrected chi connectivity index (χ1v) is 12.5. The number of carbonyl (C=O) groups excluding carboxylic acids is 1. The van der Waals surface area contributed by atoms with Crippen molar-refractivity contribution >= 4 is 38.5 Å². The molecule has 6 heteroatoms. The maximum atomic E-state index is 12.8. The molecule has 4 nitrogen and oxygen atoms in total. The van der Waals surface area contributed by atoms with Crippen LogP contribution in [0.3, 0.4) is 0 Å². The van der Waals surface area contributed by atoms with Crippen molar-refractivity contribution in [2.45, 2.75) is 16.7 Å². The van der Waals surface area contributed by atoms with E-state index < -0.39 is 15.8 Å². The van der Waals surface area contributed by atoms with Gasteiger partial charge in [0.25, 0.3) is 0 Å². The summed E-state index contributed by atoms with van der Waals surface area (Å²) in [5.41, 5.74) is 2.28. The first-order chi connectivity index (χ1) is 15.4. The van der Waals surface area contributed by atoms with E-state index in [4.69, 9.17) is 4.74 Å². The van der Waals surface area contributed by atoms with Crippen LogP contribution >= 0.6 is 11.8 Å². The molecule has 0 bridgehead atoms. The van der Waals surface area contributed by atoms with E-state index in [0.717, 1.165) is 16.0 Å². The number of carbonyl (C=O) groups is 1. The predicted octanol–water partition coefficient (Wildman–Crippen LogP) is 5.87. The first kappa shape index (κ1) is 23.6. The summed E-state index contributed by atoms with van der Waals surface area (Å²) >= 11 is 1.57. The van der Waals surface area contributed by atoms with Gasteiger partial charge in [-0.25, -0.2) is 13.2 Å². The lowest BCUT2D eigenvalue weighted by atomic mass is 10.1. The molecule has 0 heterocycles. The summed E-state index contributed by atoms with van der Waals surface area (Å²) in [6.45, 7) is 5.47. The quantitative estimate of drug-likeness (QED) is 0.172. The van der Waals surface area contributed by atoms with Crippen LogP contribution in [0.5, 0.6) is 0 Å². The van der Waals surface area contributed by atoms with Gasteiger partial charge in [-0.3, -0.25) is 0 Å². The zero-order chi connectivity index (χ0) is 23.0.